The van der Waals surface area contributed by atoms with E-state index in [9.17, 15) is 0 Å². The second-order valence-electron chi connectivity index (χ2n) is 5.90. The Morgan fingerprint density at radius 1 is 1.43 bits per heavy atom. The molecule has 1 aliphatic rings. The Morgan fingerprint density at radius 2 is 2.14 bits per heavy atom. The zero-order valence-corrected chi connectivity index (χ0v) is 13.7. The molecule has 116 valence electrons. The van der Waals surface area contributed by atoms with Gasteiger partial charge in [0, 0.05) is 24.9 Å². The highest BCUT2D eigenvalue weighted by atomic mass is 32.1. The van der Waals surface area contributed by atoms with E-state index >= 15 is 0 Å². The van der Waals surface area contributed by atoms with Gasteiger partial charge >= 0.3 is 0 Å². The predicted octanol–water partition coefficient (Wildman–Crippen LogP) is 2.19. The molecule has 0 aliphatic heterocycles. The fraction of sp³-hybridized carbons (Fsp3) is 0.625. The number of rotatable bonds is 6. The Hall–Kier alpha value is -1.20. The normalized spacial score (nSPS) is 14.1. The van der Waals surface area contributed by atoms with E-state index in [0.717, 1.165) is 30.8 Å². The average molecular weight is 307 g/mol. The lowest BCUT2D eigenvalue weighted by atomic mass is 9.94. The Balaban J connectivity index is 2.45. The van der Waals surface area contributed by atoms with Crippen LogP contribution >= 0.6 is 12.2 Å². The maximum Gasteiger partial charge on any atom is 0.139 e. The molecule has 2 rings (SSSR count). The SMILES string of the molecule is CC(C)N(CCCO)c1nc2c(cc1C(N)=S)CCCC2. The first-order valence-corrected chi connectivity index (χ1v) is 8.15. The van der Waals surface area contributed by atoms with Gasteiger partial charge in [-0.15, -0.1) is 0 Å². The van der Waals surface area contributed by atoms with Gasteiger partial charge in [0.25, 0.3) is 0 Å². The molecule has 5 heteroatoms. The first-order chi connectivity index (χ1) is 10.0. The average Bonchev–Trinajstić information content (AvgIpc) is 2.46. The van der Waals surface area contributed by atoms with Crippen LogP contribution in [0.4, 0.5) is 5.82 Å². The number of aromatic nitrogens is 1. The number of nitrogens with zero attached hydrogens (tertiary/aromatic N) is 2. The van der Waals surface area contributed by atoms with Crippen molar-refractivity contribution in [3.8, 4) is 0 Å². The molecule has 0 saturated carbocycles. The zero-order valence-electron chi connectivity index (χ0n) is 12.9. The summed E-state index contributed by atoms with van der Waals surface area (Å²) in [6.07, 6.45) is 5.23. The number of aryl methyl sites for hydroxylation is 2. The number of nitrogens with two attached hydrogens (primary N) is 1. The van der Waals surface area contributed by atoms with Crippen LogP contribution in [0.3, 0.4) is 0 Å². The summed E-state index contributed by atoms with van der Waals surface area (Å²) in [6.45, 7) is 5.19. The molecular weight excluding hydrogens is 282 g/mol. The summed E-state index contributed by atoms with van der Waals surface area (Å²) in [4.78, 5) is 7.48. The van der Waals surface area contributed by atoms with Crippen LogP contribution in [-0.2, 0) is 12.8 Å². The van der Waals surface area contributed by atoms with E-state index in [1.165, 1.54) is 24.1 Å². The van der Waals surface area contributed by atoms with Crippen molar-refractivity contribution in [3.63, 3.8) is 0 Å². The Labute approximate surface area is 132 Å². The Kier molecular flexibility index (Phi) is 5.53. The zero-order chi connectivity index (χ0) is 15.4. The molecule has 0 bridgehead atoms. The number of hydrogen-bond donors (Lipinski definition) is 2. The quantitative estimate of drug-likeness (QED) is 0.789. The van der Waals surface area contributed by atoms with Gasteiger partial charge in [-0.05, 0) is 57.6 Å². The summed E-state index contributed by atoms with van der Waals surface area (Å²) in [7, 11) is 0. The third-order valence-corrected chi connectivity index (χ3v) is 4.22. The molecule has 1 aromatic heterocycles. The second-order valence-corrected chi connectivity index (χ2v) is 6.34. The molecular formula is C16H25N3OS. The van der Waals surface area contributed by atoms with E-state index in [-0.39, 0.29) is 6.61 Å². The van der Waals surface area contributed by atoms with Crippen LogP contribution in [0.2, 0.25) is 0 Å². The van der Waals surface area contributed by atoms with E-state index in [1.807, 2.05) is 0 Å². The van der Waals surface area contributed by atoms with Gasteiger partial charge in [-0.25, -0.2) is 4.98 Å². The van der Waals surface area contributed by atoms with Crippen molar-refractivity contribution in [2.24, 2.45) is 5.73 Å². The topological polar surface area (TPSA) is 62.4 Å². The van der Waals surface area contributed by atoms with Gasteiger partial charge in [0.1, 0.15) is 10.8 Å². The number of fused-ring (bicyclic) bond motifs is 1. The molecule has 21 heavy (non-hydrogen) atoms. The highest BCUT2D eigenvalue weighted by Crippen LogP contribution is 2.28. The highest BCUT2D eigenvalue weighted by Gasteiger charge is 2.21. The van der Waals surface area contributed by atoms with Crippen molar-refractivity contribution in [1.29, 1.82) is 0 Å². The summed E-state index contributed by atoms with van der Waals surface area (Å²) in [5, 5.41) is 9.12. The van der Waals surface area contributed by atoms with Crippen LogP contribution in [0.25, 0.3) is 0 Å². The molecule has 4 nitrogen and oxygen atoms in total. The monoisotopic (exact) mass is 307 g/mol. The van der Waals surface area contributed by atoms with Gasteiger partial charge in [-0.1, -0.05) is 12.2 Å². The molecule has 0 spiro atoms. The van der Waals surface area contributed by atoms with Crippen molar-refractivity contribution in [3.05, 3.63) is 22.9 Å². The second kappa shape index (κ2) is 7.18. The van der Waals surface area contributed by atoms with Gasteiger partial charge in [0.2, 0.25) is 0 Å². The smallest absolute Gasteiger partial charge is 0.139 e. The third kappa shape index (κ3) is 3.71. The van der Waals surface area contributed by atoms with Crippen LogP contribution in [0.1, 0.15) is 49.9 Å². The molecule has 0 fully saturated rings. The minimum absolute atomic E-state index is 0.177. The Bertz CT molecular complexity index is 516. The van der Waals surface area contributed by atoms with Crippen molar-refractivity contribution in [2.45, 2.75) is 52.0 Å². The predicted molar refractivity (Wildman–Crippen MR) is 91.0 cm³/mol. The molecule has 3 N–H and O–H groups in total. The standard InChI is InChI=1S/C16H25N3OS/c1-11(2)19(8-5-9-20)16-13(15(17)21)10-12-6-3-4-7-14(12)18-16/h10-11,20H,3-9H2,1-2H3,(H2,17,21). The van der Waals surface area contributed by atoms with Crippen LogP contribution < -0.4 is 10.6 Å². The fourth-order valence-electron chi connectivity index (χ4n) is 2.87. The Morgan fingerprint density at radius 3 is 2.76 bits per heavy atom. The number of aliphatic hydroxyl groups is 1. The van der Waals surface area contributed by atoms with Crippen LogP contribution in [0.5, 0.6) is 0 Å². The summed E-state index contributed by atoms with van der Waals surface area (Å²) >= 11 is 5.23. The molecule has 0 atom stereocenters. The first kappa shape index (κ1) is 16.2. The number of hydrogen-bond acceptors (Lipinski definition) is 4. The summed E-state index contributed by atoms with van der Waals surface area (Å²) < 4.78 is 0. The molecule has 1 aliphatic carbocycles. The molecule has 0 unspecified atom stereocenters. The highest BCUT2D eigenvalue weighted by molar-refractivity contribution is 7.80. The lowest BCUT2D eigenvalue weighted by Crippen LogP contribution is -2.35. The molecule has 0 amide bonds. The van der Waals surface area contributed by atoms with Gasteiger partial charge in [-0.2, -0.15) is 0 Å². The van der Waals surface area contributed by atoms with E-state index in [0.29, 0.717) is 17.5 Å². The van der Waals surface area contributed by atoms with Gasteiger partial charge < -0.3 is 15.7 Å². The van der Waals surface area contributed by atoms with Crippen LogP contribution in [0.15, 0.2) is 6.07 Å². The van der Waals surface area contributed by atoms with Crippen molar-refractivity contribution in [1.82, 2.24) is 4.98 Å². The fourth-order valence-corrected chi connectivity index (χ4v) is 3.02. The van der Waals surface area contributed by atoms with Crippen molar-refractivity contribution in [2.75, 3.05) is 18.1 Å². The van der Waals surface area contributed by atoms with E-state index in [1.54, 1.807) is 0 Å². The van der Waals surface area contributed by atoms with Crippen molar-refractivity contribution < 1.29 is 5.11 Å². The minimum Gasteiger partial charge on any atom is -0.396 e. The van der Waals surface area contributed by atoms with E-state index in [4.69, 9.17) is 28.0 Å². The number of aliphatic hydroxyl groups excluding tert-OH is 1. The van der Waals surface area contributed by atoms with Crippen LogP contribution in [0, 0.1) is 0 Å². The third-order valence-electron chi connectivity index (χ3n) is 4.00. The van der Waals surface area contributed by atoms with Crippen LogP contribution in [-0.4, -0.2) is 34.3 Å². The lowest BCUT2D eigenvalue weighted by molar-refractivity contribution is 0.288. The number of anilines is 1. The van der Waals surface area contributed by atoms with E-state index in [2.05, 4.69) is 24.8 Å². The first-order valence-electron chi connectivity index (χ1n) is 7.74. The largest absolute Gasteiger partial charge is 0.396 e. The maximum atomic E-state index is 9.12. The van der Waals surface area contributed by atoms with E-state index < -0.39 is 0 Å². The summed E-state index contributed by atoms with van der Waals surface area (Å²) in [5.74, 6) is 0.881. The minimum atomic E-state index is 0.177. The molecule has 1 aromatic rings. The van der Waals surface area contributed by atoms with Gasteiger partial charge in [-0.3, -0.25) is 0 Å². The molecule has 0 aromatic carbocycles. The maximum absolute atomic E-state index is 9.12. The molecule has 0 radical (unpaired) electrons. The van der Waals surface area contributed by atoms with Gasteiger partial charge in [0.05, 0.1) is 5.56 Å². The number of pyridine rings is 1. The van der Waals surface area contributed by atoms with Gasteiger partial charge in [0.15, 0.2) is 0 Å². The lowest BCUT2D eigenvalue weighted by Gasteiger charge is -2.31. The van der Waals surface area contributed by atoms with Crippen molar-refractivity contribution >= 4 is 23.0 Å². The summed E-state index contributed by atoms with van der Waals surface area (Å²) in [6, 6.07) is 2.42. The molecule has 1 heterocycles. The summed E-state index contributed by atoms with van der Waals surface area (Å²) in [5.41, 5.74) is 9.28. The molecule has 0 saturated heterocycles. The number of thiocarbonyl (C=S) groups is 1.